The molecule has 1 N–H and O–H groups in total. The number of rotatable bonds is 11. The number of alkyl halides is 3. The second-order valence-electron chi connectivity index (χ2n) is 7.57. The van der Waals surface area contributed by atoms with Crippen LogP contribution in [0.15, 0.2) is 53.9 Å². The zero-order chi connectivity index (χ0) is 24.6. The number of hydrogen-bond acceptors (Lipinski definition) is 6. The summed E-state index contributed by atoms with van der Waals surface area (Å²) in [5.41, 5.74) is 1.14. The third-order valence-corrected chi connectivity index (χ3v) is 5.79. The number of aromatic nitrogens is 1. The zero-order valence-corrected chi connectivity index (χ0v) is 19.7. The molecule has 3 rings (SSSR count). The Morgan fingerprint density at radius 1 is 1.06 bits per heavy atom. The molecule has 6 nitrogen and oxygen atoms in total. The van der Waals surface area contributed by atoms with Crippen LogP contribution in [0, 0.1) is 0 Å². The van der Waals surface area contributed by atoms with E-state index in [9.17, 15) is 18.0 Å². The first-order chi connectivity index (χ1) is 16.3. The summed E-state index contributed by atoms with van der Waals surface area (Å²) < 4.78 is 49.7. The SMILES string of the molecule is COCCNC(=O)c1csc(CN(Cc2ccc(OC)cc2)Cc2cccc(C(F)(F)F)c2)n1. The van der Waals surface area contributed by atoms with Crippen LogP contribution in [0.1, 0.15) is 32.2 Å². The highest BCUT2D eigenvalue weighted by Gasteiger charge is 2.30. The molecule has 1 heterocycles. The van der Waals surface area contributed by atoms with E-state index in [0.29, 0.717) is 42.5 Å². The van der Waals surface area contributed by atoms with Gasteiger partial charge in [0.1, 0.15) is 16.5 Å². The number of thiazole rings is 1. The first-order valence-corrected chi connectivity index (χ1v) is 11.4. The molecule has 2 aromatic carbocycles. The summed E-state index contributed by atoms with van der Waals surface area (Å²) in [5, 5.41) is 5.09. The number of carbonyl (C=O) groups excluding carboxylic acids is 1. The van der Waals surface area contributed by atoms with Crippen LogP contribution in [0.4, 0.5) is 13.2 Å². The molecule has 0 fully saturated rings. The fourth-order valence-corrected chi connectivity index (χ4v) is 4.11. The summed E-state index contributed by atoms with van der Waals surface area (Å²) in [4.78, 5) is 18.6. The van der Waals surface area contributed by atoms with Gasteiger partial charge in [0.2, 0.25) is 0 Å². The molecule has 1 aromatic heterocycles. The predicted molar refractivity (Wildman–Crippen MR) is 124 cm³/mol. The minimum atomic E-state index is -4.41. The Balaban J connectivity index is 1.77. The van der Waals surface area contributed by atoms with Gasteiger partial charge in [-0.2, -0.15) is 13.2 Å². The van der Waals surface area contributed by atoms with E-state index in [2.05, 4.69) is 10.3 Å². The van der Waals surface area contributed by atoms with Crippen LogP contribution in [0.3, 0.4) is 0 Å². The molecule has 0 saturated heterocycles. The van der Waals surface area contributed by atoms with Crippen molar-refractivity contribution in [1.82, 2.24) is 15.2 Å². The number of halogens is 3. The van der Waals surface area contributed by atoms with Crippen molar-refractivity contribution < 1.29 is 27.4 Å². The highest BCUT2D eigenvalue weighted by molar-refractivity contribution is 7.09. The minimum absolute atomic E-state index is 0.283. The number of methoxy groups -OCH3 is 2. The molecule has 0 unspecified atom stereocenters. The topological polar surface area (TPSA) is 63.7 Å². The van der Waals surface area contributed by atoms with Crippen LogP contribution in [-0.2, 0) is 30.5 Å². The third kappa shape index (κ3) is 7.54. The van der Waals surface area contributed by atoms with Gasteiger partial charge in [-0.25, -0.2) is 4.98 Å². The van der Waals surface area contributed by atoms with Gasteiger partial charge in [0.25, 0.3) is 5.91 Å². The average Bonchev–Trinajstić information content (AvgIpc) is 3.28. The molecule has 3 aromatic rings. The monoisotopic (exact) mass is 493 g/mol. The van der Waals surface area contributed by atoms with E-state index in [-0.39, 0.29) is 12.5 Å². The number of benzene rings is 2. The van der Waals surface area contributed by atoms with E-state index in [4.69, 9.17) is 9.47 Å². The van der Waals surface area contributed by atoms with Crippen LogP contribution < -0.4 is 10.1 Å². The fourth-order valence-electron chi connectivity index (χ4n) is 3.30. The minimum Gasteiger partial charge on any atom is -0.497 e. The van der Waals surface area contributed by atoms with E-state index in [1.807, 2.05) is 29.2 Å². The Kier molecular flexibility index (Phi) is 9.03. The van der Waals surface area contributed by atoms with E-state index in [0.717, 1.165) is 23.4 Å². The van der Waals surface area contributed by atoms with Crippen LogP contribution in [-0.4, -0.2) is 43.2 Å². The Bertz CT molecular complexity index is 1070. The summed E-state index contributed by atoms with van der Waals surface area (Å²) in [7, 11) is 3.13. The average molecular weight is 494 g/mol. The summed E-state index contributed by atoms with van der Waals surface area (Å²) in [6.07, 6.45) is -4.41. The maximum absolute atomic E-state index is 13.2. The highest BCUT2D eigenvalue weighted by Crippen LogP contribution is 2.30. The Labute approximate surface area is 200 Å². The summed E-state index contributed by atoms with van der Waals surface area (Å²) in [6.45, 7) is 1.91. The number of amides is 1. The Morgan fingerprint density at radius 3 is 2.47 bits per heavy atom. The van der Waals surface area contributed by atoms with Gasteiger partial charge in [0.05, 0.1) is 25.8 Å². The number of hydrogen-bond donors (Lipinski definition) is 1. The van der Waals surface area contributed by atoms with E-state index >= 15 is 0 Å². The molecule has 0 spiro atoms. The van der Waals surface area contributed by atoms with Crippen molar-refractivity contribution in [1.29, 1.82) is 0 Å². The molecule has 0 radical (unpaired) electrons. The normalized spacial score (nSPS) is 11.6. The van der Waals surface area contributed by atoms with Gasteiger partial charge in [-0.15, -0.1) is 11.3 Å². The Hall–Kier alpha value is -2.95. The lowest BCUT2D eigenvalue weighted by molar-refractivity contribution is -0.137. The Morgan fingerprint density at radius 2 is 1.79 bits per heavy atom. The quantitative estimate of drug-likeness (QED) is 0.391. The first-order valence-electron chi connectivity index (χ1n) is 10.5. The van der Waals surface area contributed by atoms with Gasteiger partial charge in [0.15, 0.2) is 0 Å². The standard InChI is InChI=1S/C24H26F3N3O3S/c1-32-11-10-28-23(31)21-16-34-22(29-21)15-30(13-17-6-8-20(33-2)9-7-17)14-18-4-3-5-19(12-18)24(25,26)27/h3-9,12,16H,10-11,13-15H2,1-2H3,(H,28,31). The molecular weight excluding hydrogens is 467 g/mol. The van der Waals surface area contributed by atoms with Crippen molar-refractivity contribution in [3.63, 3.8) is 0 Å². The second kappa shape index (κ2) is 12.0. The lowest BCUT2D eigenvalue weighted by atomic mass is 10.1. The van der Waals surface area contributed by atoms with Crippen molar-refractivity contribution in [2.45, 2.75) is 25.8 Å². The first kappa shape index (κ1) is 25.7. The molecule has 0 atom stereocenters. The van der Waals surface area contributed by atoms with Gasteiger partial charge in [-0.3, -0.25) is 9.69 Å². The molecule has 1 amide bonds. The summed E-state index contributed by atoms with van der Waals surface area (Å²) in [6, 6.07) is 12.8. The van der Waals surface area contributed by atoms with Crippen LogP contribution in [0.2, 0.25) is 0 Å². The smallest absolute Gasteiger partial charge is 0.416 e. The van der Waals surface area contributed by atoms with Gasteiger partial charge >= 0.3 is 6.18 Å². The number of nitrogens with one attached hydrogen (secondary N) is 1. The lowest BCUT2D eigenvalue weighted by Crippen LogP contribution is -2.27. The molecule has 10 heteroatoms. The summed E-state index contributed by atoms with van der Waals surface area (Å²) >= 11 is 1.34. The lowest BCUT2D eigenvalue weighted by Gasteiger charge is -2.22. The van der Waals surface area contributed by atoms with Gasteiger partial charge in [-0.1, -0.05) is 30.3 Å². The largest absolute Gasteiger partial charge is 0.497 e. The van der Waals surface area contributed by atoms with Crippen molar-refractivity contribution in [2.75, 3.05) is 27.4 Å². The zero-order valence-electron chi connectivity index (χ0n) is 18.9. The molecule has 0 bridgehead atoms. The molecular formula is C24H26F3N3O3S. The summed E-state index contributed by atoms with van der Waals surface area (Å²) in [5.74, 6) is 0.427. The van der Waals surface area contributed by atoms with Crippen molar-refractivity contribution in [2.24, 2.45) is 0 Å². The molecule has 0 aliphatic heterocycles. The van der Waals surface area contributed by atoms with E-state index in [1.165, 1.54) is 17.4 Å². The molecule has 182 valence electrons. The van der Waals surface area contributed by atoms with Crippen LogP contribution >= 0.6 is 11.3 Å². The fraction of sp³-hybridized carbons (Fsp3) is 0.333. The molecule has 0 aliphatic carbocycles. The van der Waals surface area contributed by atoms with Crippen molar-refractivity contribution >= 4 is 17.2 Å². The van der Waals surface area contributed by atoms with Crippen LogP contribution in [0.5, 0.6) is 5.75 Å². The van der Waals surface area contributed by atoms with Crippen LogP contribution in [0.25, 0.3) is 0 Å². The molecule has 34 heavy (non-hydrogen) atoms. The number of carbonyl (C=O) groups is 1. The van der Waals surface area contributed by atoms with E-state index < -0.39 is 11.7 Å². The van der Waals surface area contributed by atoms with Gasteiger partial charge in [-0.05, 0) is 29.3 Å². The highest BCUT2D eigenvalue weighted by atomic mass is 32.1. The van der Waals surface area contributed by atoms with Crippen molar-refractivity contribution in [3.05, 3.63) is 81.3 Å². The van der Waals surface area contributed by atoms with Gasteiger partial charge in [0, 0.05) is 32.1 Å². The van der Waals surface area contributed by atoms with E-state index in [1.54, 1.807) is 25.7 Å². The number of nitrogens with zero attached hydrogens (tertiary/aromatic N) is 2. The third-order valence-electron chi connectivity index (χ3n) is 4.96. The maximum Gasteiger partial charge on any atom is 0.416 e. The second-order valence-corrected chi connectivity index (χ2v) is 8.51. The molecule has 0 aliphatic rings. The maximum atomic E-state index is 13.2. The number of ether oxygens (including phenoxy) is 2. The molecule has 0 saturated carbocycles. The van der Waals surface area contributed by atoms with Gasteiger partial charge < -0.3 is 14.8 Å². The predicted octanol–water partition coefficient (Wildman–Crippen LogP) is 4.75. The van der Waals surface area contributed by atoms with Crippen molar-refractivity contribution in [3.8, 4) is 5.75 Å².